The van der Waals surface area contributed by atoms with E-state index in [0.29, 0.717) is 5.69 Å². The molecule has 0 unspecified atom stereocenters. The van der Waals surface area contributed by atoms with Crippen molar-refractivity contribution in [2.45, 2.75) is 26.1 Å². The Balaban J connectivity index is 2.34. The van der Waals surface area contributed by atoms with Crippen molar-refractivity contribution >= 4 is 17.5 Å². The minimum Gasteiger partial charge on any atom is -0.508 e. The predicted molar refractivity (Wildman–Crippen MR) is 77.2 cm³/mol. The van der Waals surface area contributed by atoms with Gasteiger partial charge >= 0.3 is 6.18 Å². The van der Waals surface area contributed by atoms with E-state index in [9.17, 15) is 18.3 Å². The quantitative estimate of drug-likeness (QED) is 0.750. The zero-order chi connectivity index (χ0) is 16.3. The number of hydrogen-bond donors (Lipinski definition) is 3. The summed E-state index contributed by atoms with van der Waals surface area (Å²) in [6.45, 7) is 3.55. The first-order valence-corrected chi connectivity index (χ1v) is 6.53. The summed E-state index contributed by atoms with van der Waals surface area (Å²) in [5.41, 5.74) is -0.535. The van der Waals surface area contributed by atoms with Crippen molar-refractivity contribution < 1.29 is 18.3 Å². The van der Waals surface area contributed by atoms with Crippen LogP contribution in [-0.2, 0) is 6.18 Å². The fourth-order valence-electron chi connectivity index (χ4n) is 1.67. The second-order valence-electron chi connectivity index (χ2n) is 4.93. The third kappa shape index (κ3) is 4.24. The molecule has 0 saturated heterocycles. The van der Waals surface area contributed by atoms with Crippen molar-refractivity contribution in [1.82, 2.24) is 9.97 Å². The Morgan fingerprint density at radius 2 is 1.73 bits per heavy atom. The Bertz CT molecular complexity index is 642. The monoisotopic (exact) mass is 312 g/mol. The number of aromatic nitrogens is 2. The van der Waals surface area contributed by atoms with Crippen LogP contribution in [0, 0.1) is 0 Å². The highest BCUT2D eigenvalue weighted by Gasteiger charge is 2.33. The van der Waals surface area contributed by atoms with Crippen molar-refractivity contribution in [3.05, 3.63) is 36.0 Å². The highest BCUT2D eigenvalue weighted by atomic mass is 19.4. The number of rotatable bonds is 4. The Morgan fingerprint density at radius 1 is 1.09 bits per heavy atom. The highest BCUT2D eigenvalue weighted by Crippen LogP contribution is 2.30. The molecule has 0 aliphatic carbocycles. The maximum Gasteiger partial charge on any atom is 0.433 e. The van der Waals surface area contributed by atoms with Gasteiger partial charge in [-0.2, -0.15) is 18.2 Å². The van der Waals surface area contributed by atoms with Crippen molar-refractivity contribution in [2.75, 3.05) is 10.6 Å². The fraction of sp³-hybridized carbons (Fsp3) is 0.286. The molecule has 1 heterocycles. The lowest BCUT2D eigenvalue weighted by Crippen LogP contribution is -2.17. The van der Waals surface area contributed by atoms with Gasteiger partial charge in [-0.25, -0.2) is 4.98 Å². The molecule has 0 radical (unpaired) electrons. The van der Waals surface area contributed by atoms with Crippen LogP contribution in [0.1, 0.15) is 19.5 Å². The number of phenols is 1. The zero-order valence-corrected chi connectivity index (χ0v) is 11.9. The van der Waals surface area contributed by atoms with Gasteiger partial charge < -0.3 is 15.7 Å². The van der Waals surface area contributed by atoms with E-state index in [-0.39, 0.29) is 23.6 Å². The van der Waals surface area contributed by atoms with E-state index in [4.69, 9.17) is 0 Å². The summed E-state index contributed by atoms with van der Waals surface area (Å²) < 4.78 is 38.7. The molecule has 0 aliphatic rings. The number of anilines is 3. The van der Waals surface area contributed by atoms with Gasteiger partial charge in [0, 0.05) is 17.8 Å². The van der Waals surface area contributed by atoms with Crippen LogP contribution < -0.4 is 10.6 Å². The van der Waals surface area contributed by atoms with E-state index in [1.165, 1.54) is 24.3 Å². The maximum absolute atomic E-state index is 12.9. The molecule has 0 fully saturated rings. The van der Waals surface area contributed by atoms with E-state index < -0.39 is 11.9 Å². The van der Waals surface area contributed by atoms with Gasteiger partial charge in [0.05, 0.1) is 0 Å². The number of alkyl halides is 3. The van der Waals surface area contributed by atoms with E-state index in [2.05, 4.69) is 20.6 Å². The van der Waals surface area contributed by atoms with Crippen molar-refractivity contribution in [2.24, 2.45) is 0 Å². The van der Waals surface area contributed by atoms with Crippen LogP contribution in [0.25, 0.3) is 0 Å². The highest BCUT2D eigenvalue weighted by molar-refractivity contribution is 5.58. The standard InChI is InChI=1S/C14H15F3N4O/c1-8(2)18-13-20-11(14(15,16)17)7-12(21-13)19-9-3-5-10(22)6-4-9/h3-8,22H,1-2H3,(H2,18,19,20,21). The number of phenolic OH excluding ortho intramolecular Hbond substituents is 1. The summed E-state index contributed by atoms with van der Waals surface area (Å²) in [6.07, 6.45) is -4.57. The molecule has 0 atom stereocenters. The Labute approximate surface area is 125 Å². The summed E-state index contributed by atoms with van der Waals surface area (Å²) in [6, 6.07) is 6.62. The van der Waals surface area contributed by atoms with Crippen LogP contribution in [0.5, 0.6) is 5.75 Å². The Kier molecular flexibility index (Phi) is 4.39. The molecule has 1 aromatic heterocycles. The van der Waals surface area contributed by atoms with E-state index >= 15 is 0 Å². The molecule has 0 aliphatic heterocycles. The van der Waals surface area contributed by atoms with Crippen molar-refractivity contribution in [3.8, 4) is 5.75 Å². The van der Waals surface area contributed by atoms with Gasteiger partial charge in [0.1, 0.15) is 11.6 Å². The van der Waals surface area contributed by atoms with Gasteiger partial charge in [0.15, 0.2) is 5.69 Å². The summed E-state index contributed by atoms with van der Waals surface area (Å²) in [4.78, 5) is 7.48. The SMILES string of the molecule is CC(C)Nc1nc(Nc2ccc(O)cc2)cc(C(F)(F)F)n1. The molecule has 3 N–H and O–H groups in total. The maximum atomic E-state index is 12.9. The normalized spacial score (nSPS) is 11.5. The minimum atomic E-state index is -4.57. The summed E-state index contributed by atoms with van der Waals surface area (Å²) in [5.74, 6) is -0.0337. The molecule has 0 spiro atoms. The van der Waals surface area contributed by atoms with Crippen molar-refractivity contribution in [3.63, 3.8) is 0 Å². The van der Waals surface area contributed by atoms with Gasteiger partial charge in [0.25, 0.3) is 0 Å². The molecule has 8 heteroatoms. The average Bonchev–Trinajstić information content (AvgIpc) is 2.39. The van der Waals surface area contributed by atoms with Crippen LogP contribution in [0.3, 0.4) is 0 Å². The lowest BCUT2D eigenvalue weighted by atomic mass is 10.3. The molecule has 2 rings (SSSR count). The number of nitrogens with zero attached hydrogens (tertiary/aromatic N) is 2. The summed E-state index contributed by atoms with van der Waals surface area (Å²) >= 11 is 0. The number of benzene rings is 1. The third-order valence-electron chi connectivity index (χ3n) is 2.57. The predicted octanol–water partition coefficient (Wildman–Crippen LogP) is 3.76. The van der Waals surface area contributed by atoms with Crippen LogP contribution in [0.15, 0.2) is 30.3 Å². The molecule has 0 amide bonds. The first kappa shape index (κ1) is 15.9. The largest absolute Gasteiger partial charge is 0.508 e. The Hall–Kier alpha value is -2.51. The lowest BCUT2D eigenvalue weighted by molar-refractivity contribution is -0.141. The topological polar surface area (TPSA) is 70.1 Å². The second kappa shape index (κ2) is 6.08. The van der Waals surface area contributed by atoms with Gasteiger partial charge in [-0.15, -0.1) is 0 Å². The number of aromatic hydroxyl groups is 1. The summed E-state index contributed by atoms with van der Waals surface area (Å²) in [5, 5.41) is 14.7. The van der Waals surface area contributed by atoms with E-state index in [1.807, 2.05) is 0 Å². The average molecular weight is 312 g/mol. The minimum absolute atomic E-state index is 0.0103. The van der Waals surface area contributed by atoms with Crippen LogP contribution >= 0.6 is 0 Å². The van der Waals surface area contributed by atoms with Crippen LogP contribution in [-0.4, -0.2) is 21.1 Å². The first-order valence-electron chi connectivity index (χ1n) is 6.53. The van der Waals surface area contributed by atoms with Crippen LogP contribution in [0.4, 0.5) is 30.6 Å². The fourth-order valence-corrected chi connectivity index (χ4v) is 1.67. The summed E-state index contributed by atoms with van der Waals surface area (Å²) in [7, 11) is 0. The molecule has 118 valence electrons. The molecule has 1 aromatic carbocycles. The first-order chi connectivity index (χ1) is 10.2. The molecule has 5 nitrogen and oxygen atoms in total. The number of halogens is 3. The van der Waals surface area contributed by atoms with Gasteiger partial charge in [-0.1, -0.05) is 0 Å². The van der Waals surface area contributed by atoms with E-state index in [1.54, 1.807) is 13.8 Å². The number of hydrogen-bond acceptors (Lipinski definition) is 5. The zero-order valence-electron chi connectivity index (χ0n) is 11.9. The molecule has 0 saturated carbocycles. The lowest BCUT2D eigenvalue weighted by Gasteiger charge is -2.14. The third-order valence-corrected chi connectivity index (χ3v) is 2.57. The molecule has 2 aromatic rings. The second-order valence-corrected chi connectivity index (χ2v) is 4.93. The van der Waals surface area contributed by atoms with Crippen LogP contribution in [0.2, 0.25) is 0 Å². The number of nitrogens with one attached hydrogen (secondary N) is 2. The smallest absolute Gasteiger partial charge is 0.433 e. The van der Waals surface area contributed by atoms with Crippen molar-refractivity contribution in [1.29, 1.82) is 0 Å². The van der Waals surface area contributed by atoms with E-state index in [0.717, 1.165) is 6.07 Å². The molecule has 0 bridgehead atoms. The molecular weight excluding hydrogens is 297 g/mol. The van der Waals surface area contributed by atoms with Gasteiger partial charge in [0.2, 0.25) is 5.95 Å². The Morgan fingerprint density at radius 3 is 2.27 bits per heavy atom. The van der Waals surface area contributed by atoms with Gasteiger partial charge in [-0.05, 0) is 38.1 Å². The molecular formula is C14H15F3N4O. The molecule has 22 heavy (non-hydrogen) atoms. The van der Waals surface area contributed by atoms with Gasteiger partial charge in [-0.3, -0.25) is 0 Å².